The van der Waals surface area contributed by atoms with E-state index < -0.39 is 5.41 Å². The van der Waals surface area contributed by atoms with Gasteiger partial charge in [0.1, 0.15) is 11.2 Å². The van der Waals surface area contributed by atoms with Gasteiger partial charge in [0.05, 0.1) is 5.41 Å². The van der Waals surface area contributed by atoms with Crippen LogP contribution < -0.4 is 0 Å². The van der Waals surface area contributed by atoms with E-state index in [4.69, 9.17) is 4.42 Å². The zero-order valence-corrected chi connectivity index (χ0v) is 27.1. The van der Waals surface area contributed by atoms with Gasteiger partial charge in [-0.15, -0.1) is 0 Å². The Balaban J connectivity index is 1.22. The number of furan rings is 1. The Morgan fingerprint density at radius 2 is 0.920 bits per heavy atom. The van der Waals surface area contributed by atoms with Gasteiger partial charge in [0.25, 0.3) is 0 Å². The molecule has 0 N–H and O–H groups in total. The molecule has 1 heteroatoms. The van der Waals surface area contributed by atoms with Gasteiger partial charge in [0, 0.05) is 16.3 Å². The third kappa shape index (κ3) is 3.14. The lowest BCUT2D eigenvalue weighted by Crippen LogP contribution is -2.26. The Kier molecular flexibility index (Phi) is 4.97. The second-order valence-electron chi connectivity index (χ2n) is 13.9. The van der Waals surface area contributed by atoms with Crippen LogP contribution in [0.1, 0.15) is 22.3 Å². The van der Waals surface area contributed by atoms with Crippen molar-refractivity contribution in [1.29, 1.82) is 0 Å². The fourth-order valence-corrected chi connectivity index (χ4v) is 9.64. The standard InChI is InChI=1S/C49H28O/c1-2-11-29(12-3-1)30-21-23-31(24-22-30)32-25-26-38-42(27-32)49(40-18-8-6-15-35(40)36-16-7-9-19-41(36)49)43-28-39-34-14-5-4-13-33(34)37-17-10-20-44-46(37)47(39)48(50-44)45(38)43/h1-28H. The van der Waals surface area contributed by atoms with Crippen molar-refractivity contribution in [2.75, 3.05) is 0 Å². The average Bonchev–Trinajstić information content (AvgIpc) is 3.82. The molecule has 1 aromatic heterocycles. The Hall–Kier alpha value is -6.44. The second-order valence-corrected chi connectivity index (χ2v) is 13.9. The molecule has 2 aliphatic carbocycles. The molecule has 0 radical (unpaired) electrons. The fourth-order valence-electron chi connectivity index (χ4n) is 9.64. The van der Waals surface area contributed by atoms with Crippen LogP contribution >= 0.6 is 0 Å². The van der Waals surface area contributed by atoms with E-state index in [0.717, 1.165) is 11.2 Å². The highest BCUT2D eigenvalue weighted by molar-refractivity contribution is 6.35. The molecular formula is C49H28O. The van der Waals surface area contributed by atoms with Crippen LogP contribution in [0.3, 0.4) is 0 Å². The van der Waals surface area contributed by atoms with E-state index in [1.54, 1.807) is 0 Å². The van der Waals surface area contributed by atoms with Gasteiger partial charge in [-0.05, 0) is 101 Å². The summed E-state index contributed by atoms with van der Waals surface area (Å²) in [5.41, 5.74) is 16.7. The molecule has 0 fully saturated rings. The molecular weight excluding hydrogens is 605 g/mol. The summed E-state index contributed by atoms with van der Waals surface area (Å²) in [5, 5.41) is 7.51. The maximum absolute atomic E-state index is 7.03. The molecule has 0 unspecified atom stereocenters. The molecule has 2 aliphatic rings. The topological polar surface area (TPSA) is 13.1 Å². The normalized spacial score (nSPS) is 13.8. The van der Waals surface area contributed by atoms with Crippen LogP contribution in [0.25, 0.3) is 88.0 Å². The van der Waals surface area contributed by atoms with Gasteiger partial charge in [0.15, 0.2) is 0 Å². The largest absolute Gasteiger partial charge is 0.455 e. The molecule has 0 atom stereocenters. The van der Waals surface area contributed by atoms with Crippen LogP contribution in [0.4, 0.5) is 0 Å². The van der Waals surface area contributed by atoms with Crippen molar-refractivity contribution in [3.8, 4) is 44.5 Å². The molecule has 9 aromatic carbocycles. The van der Waals surface area contributed by atoms with Gasteiger partial charge < -0.3 is 4.42 Å². The minimum absolute atomic E-state index is 0.489. The van der Waals surface area contributed by atoms with Gasteiger partial charge in [-0.2, -0.15) is 0 Å². The van der Waals surface area contributed by atoms with Crippen LogP contribution in [0.2, 0.25) is 0 Å². The van der Waals surface area contributed by atoms with Crippen LogP contribution in [0.5, 0.6) is 0 Å². The van der Waals surface area contributed by atoms with Crippen LogP contribution in [0.15, 0.2) is 174 Å². The summed E-state index contributed by atoms with van der Waals surface area (Å²) < 4.78 is 7.03. The number of hydrogen-bond acceptors (Lipinski definition) is 1. The summed E-state index contributed by atoms with van der Waals surface area (Å²) in [6.07, 6.45) is 0. The van der Waals surface area contributed by atoms with Crippen LogP contribution in [-0.2, 0) is 5.41 Å². The van der Waals surface area contributed by atoms with Crippen molar-refractivity contribution in [1.82, 2.24) is 0 Å². The molecule has 0 bridgehead atoms. The monoisotopic (exact) mass is 632 g/mol. The summed E-state index contributed by atoms with van der Waals surface area (Å²) in [6, 6.07) is 62.8. The molecule has 50 heavy (non-hydrogen) atoms. The molecule has 12 rings (SSSR count). The number of rotatable bonds is 2. The van der Waals surface area contributed by atoms with Gasteiger partial charge in [-0.3, -0.25) is 0 Å². The van der Waals surface area contributed by atoms with Crippen molar-refractivity contribution in [2.24, 2.45) is 0 Å². The van der Waals surface area contributed by atoms with Gasteiger partial charge in [-0.25, -0.2) is 0 Å². The smallest absolute Gasteiger partial charge is 0.144 e. The molecule has 0 saturated carbocycles. The summed E-state index contributed by atoms with van der Waals surface area (Å²) >= 11 is 0. The van der Waals surface area contributed by atoms with Gasteiger partial charge in [-0.1, -0.05) is 152 Å². The Morgan fingerprint density at radius 3 is 1.66 bits per heavy atom. The summed E-state index contributed by atoms with van der Waals surface area (Å²) in [5.74, 6) is 0. The number of fused-ring (bicyclic) bond motifs is 14. The Bertz CT molecular complexity index is 2970. The first kappa shape index (κ1) is 26.5. The summed E-state index contributed by atoms with van der Waals surface area (Å²) in [6.45, 7) is 0. The molecule has 10 aromatic rings. The lowest BCUT2D eigenvalue weighted by molar-refractivity contribution is 0.669. The molecule has 1 spiro atoms. The Labute approximate surface area is 289 Å². The minimum Gasteiger partial charge on any atom is -0.455 e. The molecule has 1 nitrogen and oxygen atoms in total. The fraction of sp³-hybridized carbons (Fsp3) is 0.0204. The molecule has 0 saturated heterocycles. The van der Waals surface area contributed by atoms with Crippen LogP contribution in [-0.4, -0.2) is 0 Å². The highest BCUT2D eigenvalue weighted by Gasteiger charge is 2.53. The van der Waals surface area contributed by atoms with Crippen molar-refractivity contribution >= 4 is 43.5 Å². The second kappa shape index (κ2) is 9.37. The Morgan fingerprint density at radius 1 is 0.340 bits per heavy atom. The van der Waals surface area contributed by atoms with Crippen molar-refractivity contribution < 1.29 is 4.42 Å². The highest BCUT2D eigenvalue weighted by atomic mass is 16.3. The average molecular weight is 633 g/mol. The lowest BCUT2D eigenvalue weighted by atomic mass is 9.70. The predicted molar refractivity (Wildman–Crippen MR) is 207 cm³/mol. The predicted octanol–water partition coefficient (Wildman–Crippen LogP) is 13.0. The zero-order valence-electron chi connectivity index (χ0n) is 27.1. The maximum atomic E-state index is 7.03. The van der Waals surface area contributed by atoms with Gasteiger partial charge in [0.2, 0.25) is 0 Å². The van der Waals surface area contributed by atoms with E-state index in [0.29, 0.717) is 0 Å². The first-order valence-corrected chi connectivity index (χ1v) is 17.4. The maximum Gasteiger partial charge on any atom is 0.144 e. The SMILES string of the molecule is c1ccc(-c2ccc(-c3ccc4c(c3)C3(c5ccccc5-c5ccccc53)c3cc5c6ccccc6c6cccc7oc(c3-4)c5c76)cc2)cc1. The summed E-state index contributed by atoms with van der Waals surface area (Å²) in [4.78, 5) is 0. The lowest BCUT2D eigenvalue weighted by Gasteiger charge is -2.31. The first-order chi connectivity index (χ1) is 24.8. The molecule has 1 heterocycles. The summed E-state index contributed by atoms with van der Waals surface area (Å²) in [7, 11) is 0. The number of hydrogen-bond donors (Lipinski definition) is 0. The van der Waals surface area contributed by atoms with E-state index in [1.165, 1.54) is 99.1 Å². The van der Waals surface area contributed by atoms with E-state index >= 15 is 0 Å². The van der Waals surface area contributed by atoms with E-state index in [1.807, 2.05) is 0 Å². The molecule has 0 aliphatic heterocycles. The van der Waals surface area contributed by atoms with Crippen molar-refractivity contribution in [2.45, 2.75) is 5.41 Å². The van der Waals surface area contributed by atoms with Crippen molar-refractivity contribution in [3.05, 3.63) is 192 Å². The highest BCUT2D eigenvalue weighted by Crippen LogP contribution is 2.65. The van der Waals surface area contributed by atoms with Gasteiger partial charge >= 0.3 is 0 Å². The minimum atomic E-state index is -0.489. The van der Waals surface area contributed by atoms with Crippen molar-refractivity contribution in [3.63, 3.8) is 0 Å². The molecule has 230 valence electrons. The quantitative estimate of drug-likeness (QED) is 0.173. The third-order valence-corrected chi connectivity index (χ3v) is 11.7. The van der Waals surface area contributed by atoms with E-state index in [2.05, 4.69) is 170 Å². The number of benzene rings is 9. The zero-order chi connectivity index (χ0) is 32.6. The van der Waals surface area contributed by atoms with E-state index in [9.17, 15) is 0 Å². The molecule has 0 amide bonds. The third-order valence-electron chi connectivity index (χ3n) is 11.7. The van der Waals surface area contributed by atoms with E-state index in [-0.39, 0.29) is 0 Å². The first-order valence-electron chi connectivity index (χ1n) is 17.4. The van der Waals surface area contributed by atoms with Crippen LogP contribution in [0, 0.1) is 0 Å².